The molecular formula is C28H32N2O4S8. The standard InChI is InChI=1S/C14H15NO2.C13H13NO2.CH4.S8/c1-17-13(16)11-5-4-6-12(9-11)14(10-15)7-2-3-8-14;14-9-13(6-1-2-7-13)11-5-3-4-10(8-11)12(15)16;;1-3-5-7-8-6-4-2/h4-6,9H,2-3,7-8H2,1H3;3-5,8H,1-2,6-7H2,(H,15,16);1H4;. The Bertz CT molecular complexity index is 1550. The molecule has 1 N–H and O–H groups in total. The van der Waals surface area contributed by atoms with Crippen molar-refractivity contribution in [2.45, 2.75) is 69.6 Å². The lowest BCUT2D eigenvalue weighted by Crippen LogP contribution is -2.19. The molecule has 2 aliphatic carbocycles. The number of aromatic carboxylic acids is 1. The second-order valence-electron chi connectivity index (χ2n) is 9.17. The van der Waals surface area contributed by atoms with E-state index in [1.807, 2.05) is 18.2 Å². The number of ether oxygens (including phenoxy) is 1. The third-order valence-corrected chi connectivity index (χ3v) is 18.1. The lowest BCUT2D eigenvalue weighted by atomic mass is 9.80. The van der Waals surface area contributed by atoms with E-state index in [2.05, 4.69) is 34.5 Å². The highest BCUT2D eigenvalue weighted by Crippen LogP contribution is 2.41. The smallest absolute Gasteiger partial charge is 0.337 e. The van der Waals surface area contributed by atoms with Gasteiger partial charge in [0.15, 0.2) is 0 Å². The molecule has 0 heterocycles. The number of nitriles is 2. The Labute approximate surface area is 275 Å². The molecule has 14 heteroatoms. The van der Waals surface area contributed by atoms with Crippen molar-refractivity contribution < 1.29 is 19.4 Å². The van der Waals surface area contributed by atoms with Gasteiger partial charge in [-0.2, -0.15) is 10.5 Å². The van der Waals surface area contributed by atoms with E-state index >= 15 is 0 Å². The number of carboxylic acids is 1. The Kier molecular flexibility index (Phi) is 18.3. The van der Waals surface area contributed by atoms with Crippen LogP contribution in [0.2, 0.25) is 0 Å². The van der Waals surface area contributed by atoms with Gasteiger partial charge in [-0.25, -0.2) is 9.59 Å². The SMILES string of the molecule is C.COC(=O)c1cccc(C2(C#N)CCCC2)c1.N#CC1(c2cccc(C(=O)O)c2)CCCC1.S=S=S=S=S=S=S=S. The summed E-state index contributed by atoms with van der Waals surface area (Å²) in [6.45, 7) is 0. The second-order valence-corrected chi connectivity index (χ2v) is 19.8. The largest absolute Gasteiger partial charge is 0.478 e. The number of methoxy groups -OCH3 is 1. The molecule has 2 fully saturated rings. The van der Waals surface area contributed by atoms with Crippen LogP contribution in [0.1, 0.15) is 90.6 Å². The van der Waals surface area contributed by atoms with E-state index in [9.17, 15) is 20.1 Å². The summed E-state index contributed by atoms with van der Waals surface area (Å²) in [5.74, 6) is -1.29. The normalized spacial score (nSPS) is 15.1. The summed E-state index contributed by atoms with van der Waals surface area (Å²) >= 11 is 9.21. The summed E-state index contributed by atoms with van der Waals surface area (Å²) < 4.78 is 4.70. The summed E-state index contributed by atoms with van der Waals surface area (Å²) in [4.78, 5) is 22.3. The Hall–Kier alpha value is -1.88. The second kappa shape index (κ2) is 20.1. The molecule has 42 heavy (non-hydrogen) atoms. The van der Waals surface area contributed by atoms with E-state index in [-0.39, 0.29) is 19.0 Å². The maximum atomic E-state index is 11.5. The van der Waals surface area contributed by atoms with Crippen LogP contribution in [-0.4, -0.2) is 24.2 Å². The molecule has 0 saturated heterocycles. The Morgan fingerprint density at radius 2 is 1.19 bits per heavy atom. The van der Waals surface area contributed by atoms with E-state index in [4.69, 9.17) is 9.84 Å². The van der Waals surface area contributed by atoms with E-state index in [1.165, 1.54) is 24.9 Å². The van der Waals surface area contributed by atoms with Crippen molar-refractivity contribution >= 4 is 87.6 Å². The molecule has 6 nitrogen and oxygen atoms in total. The van der Waals surface area contributed by atoms with Crippen molar-refractivity contribution in [3.63, 3.8) is 0 Å². The van der Waals surface area contributed by atoms with Crippen molar-refractivity contribution in [1.29, 1.82) is 10.5 Å². The molecule has 2 saturated carbocycles. The Morgan fingerprint density at radius 3 is 1.55 bits per heavy atom. The highest BCUT2D eigenvalue weighted by molar-refractivity contribution is 8.70. The van der Waals surface area contributed by atoms with Gasteiger partial charge < -0.3 is 9.84 Å². The third kappa shape index (κ3) is 11.0. The predicted molar refractivity (Wildman–Crippen MR) is 188 cm³/mol. The molecule has 0 spiro atoms. The lowest BCUT2D eigenvalue weighted by molar-refractivity contribution is 0.0599. The van der Waals surface area contributed by atoms with Gasteiger partial charge in [-0.15, -0.1) is 0 Å². The quantitative estimate of drug-likeness (QED) is 0.376. The van der Waals surface area contributed by atoms with Gasteiger partial charge in [0.25, 0.3) is 0 Å². The Balaban J connectivity index is 0.000000332. The maximum Gasteiger partial charge on any atom is 0.337 e. The van der Waals surface area contributed by atoms with Crippen molar-refractivity contribution in [2.24, 2.45) is 0 Å². The molecule has 0 atom stereocenters. The molecule has 226 valence electrons. The van der Waals surface area contributed by atoms with Crippen LogP contribution in [0, 0.1) is 22.7 Å². The van der Waals surface area contributed by atoms with Crippen LogP contribution < -0.4 is 0 Å². The first-order chi connectivity index (χ1) is 19.8. The molecule has 0 aromatic heterocycles. The van der Waals surface area contributed by atoms with Crippen LogP contribution in [0.3, 0.4) is 0 Å². The van der Waals surface area contributed by atoms with Crippen molar-refractivity contribution in [3.05, 3.63) is 70.8 Å². The topological polar surface area (TPSA) is 111 Å². The number of esters is 1. The molecule has 0 unspecified atom stereocenters. The molecule has 4 rings (SSSR count). The van der Waals surface area contributed by atoms with Gasteiger partial charge in [-0.3, -0.25) is 0 Å². The first-order valence-electron chi connectivity index (χ1n) is 12.4. The number of carbonyl (C=O) groups excluding carboxylic acids is 1. The van der Waals surface area contributed by atoms with E-state index in [0.29, 0.717) is 5.56 Å². The zero-order valence-corrected chi connectivity index (χ0v) is 28.6. The average molecular weight is 717 g/mol. The summed E-state index contributed by atoms with van der Waals surface area (Å²) in [5.41, 5.74) is 1.73. The van der Waals surface area contributed by atoms with Gasteiger partial charge in [0.1, 0.15) is 0 Å². The van der Waals surface area contributed by atoms with Crippen LogP contribution in [0.5, 0.6) is 0 Å². The summed E-state index contributed by atoms with van der Waals surface area (Å²) in [6.07, 6.45) is 7.70. The zero-order chi connectivity index (χ0) is 30.1. The number of rotatable bonds is 4. The summed E-state index contributed by atoms with van der Waals surface area (Å²) in [6, 6.07) is 18.8. The van der Waals surface area contributed by atoms with Gasteiger partial charge in [0.2, 0.25) is 0 Å². The van der Waals surface area contributed by atoms with Gasteiger partial charge in [0.05, 0.1) is 41.2 Å². The maximum absolute atomic E-state index is 11.5. The molecule has 2 aromatic carbocycles. The monoisotopic (exact) mass is 716 g/mol. The number of carbonyl (C=O) groups is 2. The number of hydrogen-bond acceptors (Lipinski definition) is 7. The van der Waals surface area contributed by atoms with Crippen LogP contribution in [-0.2, 0) is 91.2 Å². The van der Waals surface area contributed by atoms with Crippen LogP contribution in [0.4, 0.5) is 0 Å². The average Bonchev–Trinajstić information content (AvgIpc) is 3.71. The minimum atomic E-state index is -0.937. The predicted octanol–water partition coefficient (Wildman–Crippen LogP) is 6.15. The highest BCUT2D eigenvalue weighted by atomic mass is 33.4. The van der Waals surface area contributed by atoms with E-state index in [1.54, 1.807) is 65.9 Å². The van der Waals surface area contributed by atoms with Crippen molar-refractivity contribution in [2.75, 3.05) is 7.11 Å². The molecule has 2 aliphatic rings. The lowest BCUT2D eigenvalue weighted by Gasteiger charge is -2.21. The van der Waals surface area contributed by atoms with Gasteiger partial charge in [-0.1, -0.05) is 57.4 Å². The van der Waals surface area contributed by atoms with Crippen molar-refractivity contribution in [3.8, 4) is 12.1 Å². The number of benzene rings is 2. The number of nitrogens with zero attached hydrogens (tertiary/aromatic N) is 2. The van der Waals surface area contributed by atoms with Crippen LogP contribution in [0.15, 0.2) is 48.5 Å². The third-order valence-electron chi connectivity index (χ3n) is 6.98. The van der Waals surface area contributed by atoms with E-state index in [0.717, 1.165) is 62.5 Å². The Morgan fingerprint density at radius 1 is 0.786 bits per heavy atom. The first kappa shape index (κ1) is 38.1. The van der Waals surface area contributed by atoms with Gasteiger partial charge >= 0.3 is 11.9 Å². The van der Waals surface area contributed by atoms with Gasteiger partial charge in [0, 0.05) is 75.7 Å². The molecule has 2 aromatic rings. The molecule has 0 radical (unpaired) electrons. The van der Waals surface area contributed by atoms with Gasteiger partial charge in [-0.05, 0) is 61.1 Å². The number of carboxylic acid groups (broad SMARTS) is 1. The zero-order valence-electron chi connectivity index (χ0n) is 22.1. The fourth-order valence-corrected chi connectivity index (χ4v) is 15.9. The van der Waals surface area contributed by atoms with E-state index < -0.39 is 16.8 Å². The van der Waals surface area contributed by atoms with Crippen LogP contribution in [0.25, 0.3) is 0 Å². The highest BCUT2D eigenvalue weighted by Gasteiger charge is 2.37. The minimum Gasteiger partial charge on any atom is -0.478 e. The van der Waals surface area contributed by atoms with Crippen molar-refractivity contribution in [1.82, 2.24) is 0 Å². The molecule has 0 amide bonds. The molecular weight excluding hydrogens is 685 g/mol. The fraction of sp³-hybridized carbons (Fsp3) is 0.429. The molecule has 0 bridgehead atoms. The minimum absolute atomic E-state index is 0. The summed E-state index contributed by atoms with van der Waals surface area (Å²) in [5, 5.41) is 27.6. The van der Waals surface area contributed by atoms with Crippen LogP contribution >= 0.6 is 0 Å². The number of hydrogen-bond donors (Lipinski definition) is 1. The molecule has 0 aliphatic heterocycles. The fourth-order valence-electron chi connectivity index (χ4n) is 4.94. The first-order valence-corrected chi connectivity index (χ1v) is 21.7. The summed E-state index contributed by atoms with van der Waals surface area (Å²) in [7, 11) is 10.5.